The second kappa shape index (κ2) is 4.06. The molecule has 0 spiro atoms. The van der Waals surface area contributed by atoms with E-state index in [1.807, 2.05) is 6.20 Å². The maximum Gasteiger partial charge on any atom is 0.0921 e. The lowest BCUT2D eigenvalue weighted by atomic mass is 9.96. The number of aromatic amines is 1. The van der Waals surface area contributed by atoms with Crippen molar-refractivity contribution in [1.29, 1.82) is 0 Å². The minimum atomic E-state index is 0.910. The highest BCUT2D eigenvalue weighted by Crippen LogP contribution is 2.23. The number of nitrogens with zero attached hydrogens (tertiary/aromatic N) is 1. The molecule has 0 fully saturated rings. The molecule has 17 heavy (non-hydrogen) atoms. The van der Waals surface area contributed by atoms with E-state index >= 15 is 0 Å². The lowest BCUT2D eigenvalue weighted by molar-refractivity contribution is 1.10. The zero-order valence-corrected chi connectivity index (χ0v) is 9.77. The summed E-state index contributed by atoms with van der Waals surface area (Å²) in [5.74, 6) is 0. The van der Waals surface area contributed by atoms with Crippen molar-refractivity contribution in [2.24, 2.45) is 0 Å². The van der Waals surface area contributed by atoms with Gasteiger partial charge >= 0.3 is 0 Å². The van der Waals surface area contributed by atoms with Crippen LogP contribution in [0.4, 0.5) is 0 Å². The van der Waals surface area contributed by atoms with Gasteiger partial charge in [0.05, 0.1) is 6.33 Å². The van der Waals surface area contributed by atoms with Gasteiger partial charge in [-0.1, -0.05) is 36.4 Å². The lowest BCUT2D eigenvalue weighted by Gasteiger charge is -2.09. The maximum atomic E-state index is 4.07. The first-order chi connectivity index (χ1) is 8.34. The summed E-state index contributed by atoms with van der Waals surface area (Å²) in [4.78, 5) is 7.24. The predicted octanol–water partition coefficient (Wildman–Crippen LogP) is 3.46. The fourth-order valence-electron chi connectivity index (χ4n) is 2.25. The van der Waals surface area contributed by atoms with Crippen LogP contribution in [-0.4, -0.2) is 9.97 Å². The molecule has 0 unspecified atom stereocenters. The Morgan fingerprint density at radius 2 is 2.00 bits per heavy atom. The van der Waals surface area contributed by atoms with Crippen molar-refractivity contribution < 1.29 is 0 Å². The van der Waals surface area contributed by atoms with E-state index in [0.717, 1.165) is 12.1 Å². The van der Waals surface area contributed by atoms with Crippen molar-refractivity contribution in [3.63, 3.8) is 0 Å². The third kappa shape index (κ3) is 1.82. The van der Waals surface area contributed by atoms with Crippen molar-refractivity contribution >= 4 is 10.8 Å². The quantitative estimate of drug-likeness (QED) is 0.706. The number of rotatable bonds is 2. The van der Waals surface area contributed by atoms with Crippen molar-refractivity contribution in [2.75, 3.05) is 0 Å². The summed E-state index contributed by atoms with van der Waals surface area (Å²) in [5.41, 5.74) is 3.87. The Morgan fingerprint density at radius 1 is 1.12 bits per heavy atom. The Morgan fingerprint density at radius 3 is 2.82 bits per heavy atom. The van der Waals surface area contributed by atoms with Gasteiger partial charge in [-0.15, -0.1) is 0 Å². The molecule has 0 amide bonds. The molecule has 2 aromatic carbocycles. The van der Waals surface area contributed by atoms with Crippen molar-refractivity contribution in [1.82, 2.24) is 9.97 Å². The molecule has 1 aromatic heterocycles. The number of H-pyrrole nitrogens is 1. The molecule has 2 nitrogen and oxygen atoms in total. The van der Waals surface area contributed by atoms with Crippen LogP contribution in [0.5, 0.6) is 0 Å². The highest BCUT2D eigenvalue weighted by molar-refractivity contribution is 5.87. The fraction of sp³-hybridized carbons (Fsp3) is 0.133. The molecule has 3 rings (SSSR count). The van der Waals surface area contributed by atoms with Gasteiger partial charge < -0.3 is 4.98 Å². The van der Waals surface area contributed by atoms with Crippen molar-refractivity contribution in [3.05, 3.63) is 65.7 Å². The van der Waals surface area contributed by atoms with Gasteiger partial charge in [-0.25, -0.2) is 4.98 Å². The van der Waals surface area contributed by atoms with E-state index in [0.29, 0.717) is 0 Å². The Kier molecular flexibility index (Phi) is 2.41. The largest absolute Gasteiger partial charge is 0.348 e. The zero-order chi connectivity index (χ0) is 11.7. The lowest BCUT2D eigenvalue weighted by Crippen LogP contribution is -1.93. The summed E-state index contributed by atoms with van der Waals surface area (Å²) >= 11 is 0. The summed E-state index contributed by atoms with van der Waals surface area (Å²) < 4.78 is 0. The third-order valence-electron chi connectivity index (χ3n) is 3.20. The summed E-state index contributed by atoms with van der Waals surface area (Å²) in [6, 6.07) is 12.9. The van der Waals surface area contributed by atoms with Crippen molar-refractivity contribution in [3.8, 4) is 0 Å². The van der Waals surface area contributed by atoms with E-state index in [4.69, 9.17) is 0 Å². The van der Waals surface area contributed by atoms with E-state index in [9.17, 15) is 0 Å². The molecule has 1 heterocycles. The molecule has 0 saturated carbocycles. The first kappa shape index (κ1) is 10.1. The highest BCUT2D eigenvalue weighted by atomic mass is 14.9. The molecule has 0 saturated heterocycles. The minimum Gasteiger partial charge on any atom is -0.348 e. The van der Waals surface area contributed by atoms with E-state index < -0.39 is 0 Å². The van der Waals surface area contributed by atoms with Gasteiger partial charge in [0.25, 0.3) is 0 Å². The van der Waals surface area contributed by atoms with Crippen molar-refractivity contribution in [2.45, 2.75) is 13.3 Å². The summed E-state index contributed by atoms with van der Waals surface area (Å²) in [7, 11) is 0. The van der Waals surface area contributed by atoms with Gasteiger partial charge in [-0.05, 0) is 28.8 Å². The number of imidazole rings is 1. The molecule has 1 N–H and O–H groups in total. The van der Waals surface area contributed by atoms with Crippen LogP contribution in [0.15, 0.2) is 48.9 Å². The molecule has 0 aliphatic carbocycles. The molecule has 0 radical (unpaired) electrons. The van der Waals surface area contributed by atoms with Crippen LogP contribution in [0.25, 0.3) is 10.8 Å². The number of hydrogen-bond acceptors (Lipinski definition) is 1. The van der Waals surface area contributed by atoms with Crippen LogP contribution in [0, 0.1) is 6.92 Å². The first-order valence-electron chi connectivity index (χ1n) is 5.79. The van der Waals surface area contributed by atoms with Gasteiger partial charge in [0.1, 0.15) is 0 Å². The molecule has 0 aliphatic heterocycles. The van der Waals surface area contributed by atoms with E-state index in [2.05, 4.69) is 53.3 Å². The van der Waals surface area contributed by atoms with Crippen LogP contribution in [0.2, 0.25) is 0 Å². The second-order valence-electron chi connectivity index (χ2n) is 4.34. The first-order valence-corrected chi connectivity index (χ1v) is 5.79. The van der Waals surface area contributed by atoms with Crippen LogP contribution in [-0.2, 0) is 6.42 Å². The van der Waals surface area contributed by atoms with E-state index in [1.54, 1.807) is 6.33 Å². The van der Waals surface area contributed by atoms with Gasteiger partial charge in [-0.2, -0.15) is 0 Å². The Bertz CT molecular complexity index is 639. The average molecular weight is 222 g/mol. The SMILES string of the molecule is Cc1ccc2ccccc2c1Cc1cnc[nH]1. The number of benzene rings is 2. The van der Waals surface area contributed by atoms with Crippen LogP contribution in [0.1, 0.15) is 16.8 Å². The minimum absolute atomic E-state index is 0.910. The predicted molar refractivity (Wildman–Crippen MR) is 70.1 cm³/mol. The van der Waals surface area contributed by atoms with Gasteiger partial charge in [0, 0.05) is 18.3 Å². The molecular formula is C15H14N2. The molecular weight excluding hydrogens is 208 g/mol. The van der Waals surface area contributed by atoms with Gasteiger partial charge in [-0.3, -0.25) is 0 Å². The number of nitrogens with one attached hydrogen (secondary N) is 1. The summed E-state index contributed by atoms with van der Waals surface area (Å²) in [6.45, 7) is 2.16. The molecule has 0 aliphatic rings. The maximum absolute atomic E-state index is 4.07. The Hall–Kier alpha value is -2.09. The average Bonchev–Trinajstić information content (AvgIpc) is 2.86. The molecule has 0 atom stereocenters. The van der Waals surface area contributed by atoms with Crippen LogP contribution >= 0.6 is 0 Å². The highest BCUT2D eigenvalue weighted by Gasteiger charge is 2.06. The number of aromatic nitrogens is 2. The van der Waals surface area contributed by atoms with Crippen LogP contribution < -0.4 is 0 Å². The van der Waals surface area contributed by atoms with Gasteiger partial charge in [0.15, 0.2) is 0 Å². The van der Waals surface area contributed by atoms with E-state index in [-0.39, 0.29) is 0 Å². The standard InChI is InChI=1S/C15H14N2/c1-11-6-7-12-4-2-3-5-14(12)15(11)8-13-9-16-10-17-13/h2-7,9-10H,8H2,1H3,(H,16,17). The Labute approximate surface area is 100 Å². The summed E-state index contributed by atoms with van der Waals surface area (Å²) in [6.07, 6.45) is 4.53. The molecule has 84 valence electrons. The van der Waals surface area contributed by atoms with Crippen LogP contribution in [0.3, 0.4) is 0 Å². The monoisotopic (exact) mass is 222 g/mol. The number of fused-ring (bicyclic) bond motifs is 1. The molecule has 2 heteroatoms. The topological polar surface area (TPSA) is 28.7 Å². The number of aryl methyl sites for hydroxylation is 1. The summed E-state index contributed by atoms with van der Waals surface area (Å²) in [5, 5.41) is 2.63. The van der Waals surface area contributed by atoms with E-state index in [1.165, 1.54) is 21.9 Å². The Balaban J connectivity index is 2.17. The molecule has 3 aromatic rings. The van der Waals surface area contributed by atoms with Gasteiger partial charge in [0.2, 0.25) is 0 Å². The zero-order valence-electron chi connectivity index (χ0n) is 9.77. The smallest absolute Gasteiger partial charge is 0.0921 e. The fourth-order valence-corrected chi connectivity index (χ4v) is 2.25. The third-order valence-corrected chi connectivity index (χ3v) is 3.20. The molecule has 0 bridgehead atoms. The normalized spacial score (nSPS) is 10.9. The number of hydrogen-bond donors (Lipinski definition) is 1. The second-order valence-corrected chi connectivity index (χ2v) is 4.34.